The Morgan fingerprint density at radius 2 is 1.82 bits per heavy atom. The smallest absolute Gasteiger partial charge is 0.332 e. The van der Waals surface area contributed by atoms with Gasteiger partial charge in [-0.1, -0.05) is 30.3 Å². The number of piperidine rings is 1. The molecule has 10 nitrogen and oxygen atoms in total. The maximum Gasteiger partial charge on any atom is 0.332 e. The minimum atomic E-state index is -1.09. The number of benzene rings is 2. The van der Waals surface area contributed by atoms with Crippen molar-refractivity contribution in [1.82, 2.24) is 20.2 Å². The van der Waals surface area contributed by atoms with Crippen LogP contribution in [0.4, 0.5) is 13.6 Å². The van der Waals surface area contributed by atoms with Gasteiger partial charge in [0.1, 0.15) is 11.6 Å². The van der Waals surface area contributed by atoms with Gasteiger partial charge in [0.05, 0.1) is 37.6 Å². The number of aliphatic carboxylic acids is 1. The molecule has 2 heterocycles. The summed E-state index contributed by atoms with van der Waals surface area (Å²) in [6.45, 7) is 0.225. The molecule has 1 unspecified atom stereocenters. The molecular weight excluding hydrogens is 526 g/mol. The second-order valence-corrected chi connectivity index (χ2v) is 9.97. The first-order valence-corrected chi connectivity index (χ1v) is 13.0. The van der Waals surface area contributed by atoms with E-state index in [4.69, 9.17) is 4.74 Å². The molecule has 2 aromatic carbocycles. The Balaban J connectivity index is 1.49. The van der Waals surface area contributed by atoms with Crippen LogP contribution in [0.1, 0.15) is 24.0 Å². The van der Waals surface area contributed by atoms with Gasteiger partial charge in [0, 0.05) is 38.7 Å². The molecule has 2 saturated heterocycles. The normalized spacial score (nSPS) is 21.3. The molecule has 40 heavy (non-hydrogen) atoms. The summed E-state index contributed by atoms with van der Waals surface area (Å²) in [7, 11) is 1.59. The number of nitrogens with one attached hydrogen (secondary N) is 1. The minimum Gasteiger partial charge on any atom is -0.481 e. The van der Waals surface area contributed by atoms with Crippen LogP contribution in [-0.2, 0) is 32.3 Å². The highest BCUT2D eigenvalue weighted by Crippen LogP contribution is 2.36. The molecule has 0 saturated carbocycles. The molecule has 0 bridgehead atoms. The van der Waals surface area contributed by atoms with Crippen LogP contribution >= 0.6 is 0 Å². The van der Waals surface area contributed by atoms with Crippen molar-refractivity contribution in [3.05, 3.63) is 71.3 Å². The summed E-state index contributed by atoms with van der Waals surface area (Å²) in [5.41, 5.74) is 1.05. The number of halogens is 2. The largest absolute Gasteiger partial charge is 0.481 e. The van der Waals surface area contributed by atoms with Crippen LogP contribution < -0.4 is 5.32 Å². The van der Waals surface area contributed by atoms with E-state index in [-0.39, 0.29) is 63.9 Å². The molecular formula is C28H32F2N4O6. The number of carbonyl (C=O) groups excluding carboxylic acids is 3. The number of Topliss-reactive ketones (excluding diaryl/α,β-unsaturated/α-hetero) is 1. The van der Waals surface area contributed by atoms with Crippen LogP contribution in [0.15, 0.2) is 48.5 Å². The predicted molar refractivity (Wildman–Crippen MR) is 138 cm³/mol. The lowest BCUT2D eigenvalue weighted by molar-refractivity contribution is -0.167. The SMILES string of the molecule is CN1CC(=O)C2[C@@H](CCC(=O)O)C(=O)N(CCOCc3ccccc3F)C[C@@H]2N1C(=O)NCc1ccc(F)cc1. The molecule has 0 aromatic heterocycles. The average molecular weight is 559 g/mol. The Kier molecular flexibility index (Phi) is 9.43. The third-order valence-corrected chi connectivity index (χ3v) is 7.28. The minimum absolute atomic E-state index is 0.00232. The third kappa shape index (κ3) is 6.80. The summed E-state index contributed by atoms with van der Waals surface area (Å²) in [5, 5.41) is 15.0. The molecule has 2 fully saturated rings. The second kappa shape index (κ2) is 13.0. The van der Waals surface area contributed by atoms with Crippen molar-refractivity contribution in [2.24, 2.45) is 11.8 Å². The number of urea groups is 1. The highest BCUT2D eigenvalue weighted by Gasteiger charge is 2.52. The molecule has 0 spiro atoms. The second-order valence-electron chi connectivity index (χ2n) is 9.97. The van der Waals surface area contributed by atoms with Crippen molar-refractivity contribution >= 4 is 23.7 Å². The van der Waals surface area contributed by atoms with E-state index in [2.05, 4.69) is 5.32 Å². The van der Waals surface area contributed by atoms with E-state index in [0.717, 1.165) is 0 Å². The molecule has 214 valence electrons. The molecule has 2 aliphatic heterocycles. The van der Waals surface area contributed by atoms with Crippen LogP contribution in [-0.4, -0.2) is 83.0 Å². The highest BCUT2D eigenvalue weighted by molar-refractivity contribution is 5.93. The van der Waals surface area contributed by atoms with Crippen molar-refractivity contribution in [1.29, 1.82) is 0 Å². The van der Waals surface area contributed by atoms with Crippen molar-refractivity contribution in [3.63, 3.8) is 0 Å². The van der Waals surface area contributed by atoms with E-state index < -0.39 is 41.5 Å². The summed E-state index contributed by atoms with van der Waals surface area (Å²) in [4.78, 5) is 52.8. The van der Waals surface area contributed by atoms with E-state index in [1.165, 1.54) is 33.1 Å². The Hall–Kier alpha value is -3.90. The first kappa shape index (κ1) is 29.1. The maximum atomic E-state index is 13.9. The van der Waals surface area contributed by atoms with Gasteiger partial charge in [0.25, 0.3) is 0 Å². The number of hydrogen-bond acceptors (Lipinski definition) is 6. The zero-order valence-electron chi connectivity index (χ0n) is 22.1. The van der Waals surface area contributed by atoms with Crippen molar-refractivity contribution in [3.8, 4) is 0 Å². The maximum absolute atomic E-state index is 13.9. The molecule has 0 aliphatic carbocycles. The fourth-order valence-corrected chi connectivity index (χ4v) is 5.34. The zero-order valence-corrected chi connectivity index (χ0v) is 22.1. The lowest BCUT2D eigenvalue weighted by atomic mass is 9.74. The summed E-state index contributed by atoms with van der Waals surface area (Å²) >= 11 is 0. The van der Waals surface area contributed by atoms with E-state index in [1.807, 2.05) is 0 Å². The van der Waals surface area contributed by atoms with Gasteiger partial charge in [-0.3, -0.25) is 19.4 Å². The number of likely N-dealkylation sites (tertiary alicyclic amines) is 1. The number of hydrazine groups is 1. The number of carboxylic acid groups (broad SMARTS) is 1. The molecule has 3 atom stereocenters. The predicted octanol–water partition coefficient (Wildman–Crippen LogP) is 2.43. The van der Waals surface area contributed by atoms with E-state index in [9.17, 15) is 33.1 Å². The van der Waals surface area contributed by atoms with Crippen molar-refractivity contribution in [2.45, 2.75) is 32.0 Å². The van der Waals surface area contributed by atoms with Gasteiger partial charge < -0.3 is 20.1 Å². The molecule has 2 aromatic rings. The summed E-state index contributed by atoms with van der Waals surface area (Å²) < 4.78 is 32.8. The van der Waals surface area contributed by atoms with Gasteiger partial charge in [0.15, 0.2) is 5.78 Å². The molecule has 2 N–H and O–H groups in total. The summed E-state index contributed by atoms with van der Waals surface area (Å²) in [5.74, 6) is -4.30. The first-order valence-electron chi connectivity index (χ1n) is 13.0. The summed E-state index contributed by atoms with van der Waals surface area (Å²) in [6, 6.07) is 10.6. The Morgan fingerprint density at radius 3 is 2.52 bits per heavy atom. The number of amides is 3. The third-order valence-electron chi connectivity index (χ3n) is 7.28. The Bertz CT molecular complexity index is 1240. The number of carboxylic acids is 1. The molecule has 12 heteroatoms. The van der Waals surface area contributed by atoms with Crippen LogP contribution in [0, 0.1) is 23.5 Å². The topological polar surface area (TPSA) is 119 Å². The quantitative estimate of drug-likeness (QED) is 0.430. The van der Waals surface area contributed by atoms with Crippen LogP contribution in [0.2, 0.25) is 0 Å². The zero-order chi connectivity index (χ0) is 28.8. The molecule has 3 amide bonds. The number of nitrogens with zero attached hydrogens (tertiary/aromatic N) is 3. The van der Waals surface area contributed by atoms with Crippen LogP contribution in [0.3, 0.4) is 0 Å². The standard InChI is InChI=1S/C28H32F2N4O6/c1-32-16-24(35)26-21(10-11-25(36)37)27(38)33(12-13-40-17-19-4-2-3-5-22(19)30)15-23(26)34(32)28(39)31-14-18-6-8-20(29)9-7-18/h2-9,21,23,26H,10-17H2,1H3,(H,31,39)(H,36,37)/t21-,23+,26?/m1/s1. The van der Waals surface area contributed by atoms with Gasteiger partial charge in [0.2, 0.25) is 5.91 Å². The molecule has 4 rings (SSSR count). The molecule has 0 radical (unpaired) electrons. The average Bonchev–Trinajstić information content (AvgIpc) is 2.91. The van der Waals surface area contributed by atoms with Gasteiger partial charge in [-0.15, -0.1) is 0 Å². The number of carbonyl (C=O) groups is 4. The number of ether oxygens (including phenoxy) is 1. The van der Waals surface area contributed by atoms with Gasteiger partial charge >= 0.3 is 12.0 Å². The number of likely N-dealkylation sites (N-methyl/N-ethyl adjacent to an activating group) is 1. The van der Waals surface area contributed by atoms with Gasteiger partial charge in [-0.25, -0.2) is 18.6 Å². The lowest BCUT2D eigenvalue weighted by Crippen LogP contribution is -2.70. The fraction of sp³-hybridized carbons (Fsp3) is 0.429. The monoisotopic (exact) mass is 558 g/mol. The lowest BCUT2D eigenvalue weighted by Gasteiger charge is -2.52. The number of hydrogen-bond donors (Lipinski definition) is 2. The van der Waals surface area contributed by atoms with E-state index in [0.29, 0.717) is 11.1 Å². The van der Waals surface area contributed by atoms with Gasteiger partial charge in [-0.05, 0) is 30.2 Å². The van der Waals surface area contributed by atoms with Crippen LogP contribution in [0.25, 0.3) is 0 Å². The summed E-state index contributed by atoms with van der Waals surface area (Å²) in [6.07, 6.45) is -0.362. The highest BCUT2D eigenvalue weighted by atomic mass is 19.1. The Morgan fingerprint density at radius 1 is 1.10 bits per heavy atom. The van der Waals surface area contributed by atoms with E-state index in [1.54, 1.807) is 37.4 Å². The number of rotatable bonds is 10. The fourth-order valence-electron chi connectivity index (χ4n) is 5.34. The number of ketones is 1. The van der Waals surface area contributed by atoms with Crippen LogP contribution in [0.5, 0.6) is 0 Å². The first-order chi connectivity index (χ1) is 19.2. The van der Waals surface area contributed by atoms with Gasteiger partial charge in [-0.2, -0.15) is 0 Å². The number of fused-ring (bicyclic) bond motifs is 1. The molecule has 2 aliphatic rings. The van der Waals surface area contributed by atoms with Crippen molar-refractivity contribution < 1.29 is 37.8 Å². The van der Waals surface area contributed by atoms with E-state index >= 15 is 0 Å². The Labute approximate surface area is 230 Å². The van der Waals surface area contributed by atoms with Crippen molar-refractivity contribution in [2.75, 3.05) is 33.3 Å².